The summed E-state index contributed by atoms with van der Waals surface area (Å²) < 4.78 is 18.2. The van der Waals surface area contributed by atoms with E-state index >= 15 is 0 Å². The van der Waals surface area contributed by atoms with Crippen molar-refractivity contribution in [3.05, 3.63) is 30.1 Å². The van der Waals surface area contributed by atoms with Crippen LogP contribution in [0.25, 0.3) is 0 Å². The molecule has 1 saturated heterocycles. The van der Waals surface area contributed by atoms with Gasteiger partial charge in [-0.1, -0.05) is 0 Å². The maximum atomic E-state index is 12.8. The van der Waals surface area contributed by atoms with Gasteiger partial charge in [-0.15, -0.1) is 0 Å². The molecule has 2 amide bonds. The highest BCUT2D eigenvalue weighted by atomic mass is 19.1. The van der Waals surface area contributed by atoms with Crippen LogP contribution in [0.1, 0.15) is 25.7 Å². The van der Waals surface area contributed by atoms with Crippen LogP contribution in [-0.4, -0.2) is 43.0 Å². The van der Waals surface area contributed by atoms with Crippen molar-refractivity contribution in [3.63, 3.8) is 0 Å². The molecule has 1 aromatic carbocycles. The summed E-state index contributed by atoms with van der Waals surface area (Å²) in [4.78, 5) is 26.0. The van der Waals surface area contributed by atoms with Crippen LogP contribution < -0.4 is 10.1 Å². The molecule has 1 aromatic rings. The molecule has 0 spiro atoms. The van der Waals surface area contributed by atoms with Crippen LogP contribution in [-0.2, 0) is 9.59 Å². The van der Waals surface area contributed by atoms with Gasteiger partial charge in [0, 0.05) is 24.9 Å². The first-order valence-corrected chi connectivity index (χ1v) is 8.58. The normalized spacial score (nSPS) is 18.3. The lowest BCUT2D eigenvalue weighted by atomic mass is 9.95. The van der Waals surface area contributed by atoms with Gasteiger partial charge in [0.05, 0.1) is 6.54 Å². The minimum absolute atomic E-state index is 0.0243. The van der Waals surface area contributed by atoms with E-state index in [1.807, 2.05) is 4.90 Å². The first kappa shape index (κ1) is 16.7. The summed E-state index contributed by atoms with van der Waals surface area (Å²) in [7, 11) is 0. The fourth-order valence-corrected chi connectivity index (χ4v) is 2.97. The number of nitrogens with zero attached hydrogens (tertiary/aromatic N) is 1. The van der Waals surface area contributed by atoms with Gasteiger partial charge in [0.1, 0.15) is 18.2 Å². The summed E-state index contributed by atoms with van der Waals surface area (Å²) >= 11 is 0. The van der Waals surface area contributed by atoms with E-state index in [0.29, 0.717) is 32.0 Å². The lowest BCUT2D eigenvalue weighted by Gasteiger charge is -2.31. The lowest BCUT2D eigenvalue weighted by molar-refractivity contribution is -0.136. The predicted octanol–water partition coefficient (Wildman–Crippen LogP) is 1.97. The molecule has 130 valence electrons. The molecule has 0 bridgehead atoms. The molecule has 0 radical (unpaired) electrons. The molecule has 3 rings (SSSR count). The van der Waals surface area contributed by atoms with Crippen LogP contribution in [0.3, 0.4) is 0 Å². The van der Waals surface area contributed by atoms with Crippen molar-refractivity contribution in [1.82, 2.24) is 10.2 Å². The number of piperidine rings is 1. The van der Waals surface area contributed by atoms with Crippen molar-refractivity contribution in [2.45, 2.75) is 25.7 Å². The monoisotopic (exact) mass is 334 g/mol. The maximum Gasteiger partial charge on any atom is 0.225 e. The molecule has 1 saturated carbocycles. The first-order chi connectivity index (χ1) is 11.6. The Morgan fingerprint density at radius 3 is 2.38 bits per heavy atom. The molecule has 0 unspecified atom stereocenters. The van der Waals surface area contributed by atoms with E-state index in [4.69, 9.17) is 4.74 Å². The Bertz CT molecular complexity index is 578. The number of amides is 2. The second-order valence-electron chi connectivity index (χ2n) is 6.47. The summed E-state index contributed by atoms with van der Waals surface area (Å²) in [6.45, 7) is 2.12. The Hall–Kier alpha value is -2.11. The summed E-state index contributed by atoms with van der Waals surface area (Å²) in [5.74, 6) is 0.788. The van der Waals surface area contributed by atoms with Gasteiger partial charge in [-0.3, -0.25) is 9.59 Å². The molecule has 1 aliphatic carbocycles. The third-order valence-corrected chi connectivity index (χ3v) is 4.59. The van der Waals surface area contributed by atoms with Gasteiger partial charge < -0.3 is 15.0 Å². The highest BCUT2D eigenvalue weighted by Crippen LogP contribution is 2.32. The summed E-state index contributed by atoms with van der Waals surface area (Å²) in [6, 6.07) is 5.79. The molecule has 2 aliphatic rings. The number of carbonyl (C=O) groups is 2. The van der Waals surface area contributed by atoms with Gasteiger partial charge in [-0.05, 0) is 49.9 Å². The SMILES string of the molecule is O=C(NCCOc1ccc(F)cc1)C1CCN(C(=O)C2CC2)CC1. The predicted molar refractivity (Wildman–Crippen MR) is 86.9 cm³/mol. The summed E-state index contributed by atoms with van der Waals surface area (Å²) in [5.41, 5.74) is 0. The number of rotatable bonds is 6. The van der Waals surface area contributed by atoms with Crippen LogP contribution in [0.2, 0.25) is 0 Å². The molecular formula is C18H23FN2O3. The van der Waals surface area contributed by atoms with Gasteiger partial charge in [0.25, 0.3) is 0 Å². The number of benzene rings is 1. The Morgan fingerprint density at radius 2 is 1.75 bits per heavy atom. The average molecular weight is 334 g/mol. The van der Waals surface area contributed by atoms with E-state index in [1.54, 1.807) is 12.1 Å². The zero-order valence-corrected chi connectivity index (χ0v) is 13.7. The van der Waals surface area contributed by atoms with E-state index in [1.165, 1.54) is 12.1 Å². The van der Waals surface area contributed by atoms with Gasteiger partial charge >= 0.3 is 0 Å². The molecule has 1 N–H and O–H groups in total. The van der Waals surface area contributed by atoms with Crippen molar-refractivity contribution >= 4 is 11.8 Å². The Labute approximate surface area is 141 Å². The number of hydrogen-bond acceptors (Lipinski definition) is 3. The van der Waals surface area contributed by atoms with E-state index in [2.05, 4.69) is 5.32 Å². The van der Waals surface area contributed by atoms with E-state index in [-0.39, 0.29) is 29.5 Å². The highest BCUT2D eigenvalue weighted by Gasteiger charge is 2.35. The van der Waals surface area contributed by atoms with Crippen molar-refractivity contribution in [2.24, 2.45) is 11.8 Å². The number of likely N-dealkylation sites (tertiary alicyclic amines) is 1. The van der Waals surface area contributed by atoms with Crippen molar-refractivity contribution in [2.75, 3.05) is 26.2 Å². The molecule has 2 fully saturated rings. The van der Waals surface area contributed by atoms with Gasteiger partial charge in [-0.2, -0.15) is 0 Å². The molecule has 24 heavy (non-hydrogen) atoms. The summed E-state index contributed by atoms with van der Waals surface area (Å²) in [5, 5.41) is 2.87. The number of halogens is 1. The smallest absolute Gasteiger partial charge is 0.225 e. The van der Waals surface area contributed by atoms with Gasteiger partial charge in [0.15, 0.2) is 0 Å². The Morgan fingerprint density at radius 1 is 1.08 bits per heavy atom. The van der Waals surface area contributed by atoms with Gasteiger partial charge in [0.2, 0.25) is 11.8 Å². The molecule has 1 heterocycles. The highest BCUT2D eigenvalue weighted by molar-refractivity contribution is 5.82. The zero-order chi connectivity index (χ0) is 16.9. The topological polar surface area (TPSA) is 58.6 Å². The Kier molecular flexibility index (Phi) is 5.33. The minimum Gasteiger partial charge on any atom is -0.492 e. The molecule has 0 aromatic heterocycles. The van der Waals surface area contributed by atoms with E-state index in [0.717, 1.165) is 25.7 Å². The summed E-state index contributed by atoms with van der Waals surface area (Å²) in [6.07, 6.45) is 3.49. The van der Waals surface area contributed by atoms with E-state index < -0.39 is 0 Å². The van der Waals surface area contributed by atoms with Crippen molar-refractivity contribution in [3.8, 4) is 5.75 Å². The fraction of sp³-hybridized carbons (Fsp3) is 0.556. The molecule has 0 atom stereocenters. The van der Waals surface area contributed by atoms with Crippen LogP contribution in [0, 0.1) is 17.7 Å². The zero-order valence-electron chi connectivity index (χ0n) is 13.7. The second-order valence-corrected chi connectivity index (χ2v) is 6.47. The number of ether oxygens (including phenoxy) is 1. The third-order valence-electron chi connectivity index (χ3n) is 4.59. The van der Waals surface area contributed by atoms with Crippen LogP contribution in [0.5, 0.6) is 5.75 Å². The van der Waals surface area contributed by atoms with Crippen molar-refractivity contribution in [1.29, 1.82) is 0 Å². The number of nitrogens with one attached hydrogen (secondary N) is 1. The molecule has 1 aliphatic heterocycles. The quantitative estimate of drug-likeness (QED) is 0.809. The van der Waals surface area contributed by atoms with Crippen LogP contribution in [0.15, 0.2) is 24.3 Å². The molecule has 5 nitrogen and oxygen atoms in total. The third kappa shape index (κ3) is 4.46. The van der Waals surface area contributed by atoms with Crippen LogP contribution in [0.4, 0.5) is 4.39 Å². The van der Waals surface area contributed by atoms with Crippen LogP contribution >= 0.6 is 0 Å². The van der Waals surface area contributed by atoms with E-state index in [9.17, 15) is 14.0 Å². The standard InChI is InChI=1S/C18H23FN2O3/c19-15-3-5-16(6-4-15)24-12-9-20-17(22)13-7-10-21(11-8-13)18(23)14-1-2-14/h3-6,13-14H,1-2,7-12H2,(H,20,22). The largest absolute Gasteiger partial charge is 0.492 e. The maximum absolute atomic E-state index is 12.8. The lowest BCUT2D eigenvalue weighted by Crippen LogP contribution is -2.44. The number of hydrogen-bond donors (Lipinski definition) is 1. The van der Waals surface area contributed by atoms with Crippen molar-refractivity contribution < 1.29 is 18.7 Å². The van der Waals surface area contributed by atoms with Gasteiger partial charge in [-0.25, -0.2) is 4.39 Å². The molecule has 6 heteroatoms. The fourth-order valence-electron chi connectivity index (χ4n) is 2.97. The number of carbonyl (C=O) groups excluding carboxylic acids is 2. The first-order valence-electron chi connectivity index (χ1n) is 8.58. The minimum atomic E-state index is -0.304. The average Bonchev–Trinajstić information content (AvgIpc) is 3.45. The molecular weight excluding hydrogens is 311 g/mol. The Balaban J connectivity index is 1.32. The second kappa shape index (κ2) is 7.64.